The van der Waals surface area contributed by atoms with Gasteiger partial charge >= 0.3 is 0 Å². The Labute approximate surface area is 107 Å². The average Bonchev–Trinajstić information content (AvgIpc) is 2.28. The Balaban J connectivity index is 2.74. The van der Waals surface area contributed by atoms with Crippen LogP contribution in [0.3, 0.4) is 0 Å². The minimum Gasteiger partial charge on any atom is -0.303 e. The smallest absolute Gasteiger partial charge is 0.0728 e. The Morgan fingerprint density at radius 2 is 2.00 bits per heavy atom. The van der Waals surface area contributed by atoms with Gasteiger partial charge in [0.2, 0.25) is 0 Å². The minimum atomic E-state index is -0.0163. The fraction of sp³-hybridized carbons (Fsp3) is 0.385. The fourth-order valence-electron chi connectivity index (χ4n) is 1.44. The molecule has 0 fully saturated rings. The number of hydrogen-bond donors (Lipinski definition) is 1. The molecule has 0 aliphatic carbocycles. The maximum Gasteiger partial charge on any atom is 0.0728 e. The van der Waals surface area contributed by atoms with Gasteiger partial charge in [-0.2, -0.15) is 0 Å². The first kappa shape index (κ1) is 13.4. The van der Waals surface area contributed by atoms with Crippen molar-refractivity contribution >= 4 is 23.2 Å². The van der Waals surface area contributed by atoms with Crippen LogP contribution in [-0.4, -0.2) is 12.6 Å². The van der Waals surface area contributed by atoms with Crippen molar-refractivity contribution in [2.75, 3.05) is 6.54 Å². The molecular formula is C13H15Cl2N. The van der Waals surface area contributed by atoms with E-state index in [1.807, 2.05) is 18.2 Å². The fourth-order valence-corrected chi connectivity index (χ4v) is 1.99. The normalized spacial score (nSPS) is 12.1. The highest BCUT2D eigenvalue weighted by Gasteiger charge is 2.11. The van der Waals surface area contributed by atoms with Gasteiger partial charge in [0, 0.05) is 16.5 Å². The molecule has 1 N–H and O–H groups in total. The van der Waals surface area contributed by atoms with E-state index >= 15 is 0 Å². The van der Waals surface area contributed by atoms with Crippen LogP contribution in [0.4, 0.5) is 0 Å². The van der Waals surface area contributed by atoms with Crippen LogP contribution in [0.5, 0.6) is 0 Å². The number of rotatable bonds is 5. The number of terminal acetylenes is 1. The quantitative estimate of drug-likeness (QED) is 0.794. The zero-order chi connectivity index (χ0) is 12.0. The topological polar surface area (TPSA) is 12.0 Å². The molecule has 1 aromatic rings. The first-order chi connectivity index (χ1) is 7.69. The Morgan fingerprint density at radius 3 is 2.50 bits per heavy atom. The summed E-state index contributed by atoms with van der Waals surface area (Å²) in [6, 6.07) is 5.47. The highest BCUT2D eigenvalue weighted by atomic mass is 35.5. The molecule has 1 atom stereocenters. The van der Waals surface area contributed by atoms with Crippen LogP contribution in [0.15, 0.2) is 18.2 Å². The van der Waals surface area contributed by atoms with Crippen molar-refractivity contribution in [3.05, 3.63) is 33.8 Å². The van der Waals surface area contributed by atoms with Crippen molar-refractivity contribution in [1.29, 1.82) is 0 Å². The Hall–Kier alpha value is -0.680. The van der Waals surface area contributed by atoms with Crippen molar-refractivity contribution in [3.63, 3.8) is 0 Å². The van der Waals surface area contributed by atoms with Gasteiger partial charge in [-0.15, -0.1) is 6.42 Å². The van der Waals surface area contributed by atoms with E-state index in [1.165, 1.54) is 0 Å². The van der Waals surface area contributed by atoms with Crippen LogP contribution in [0, 0.1) is 12.3 Å². The van der Waals surface area contributed by atoms with E-state index in [2.05, 4.69) is 18.2 Å². The van der Waals surface area contributed by atoms with Crippen LogP contribution in [0.2, 0.25) is 10.0 Å². The second-order valence-electron chi connectivity index (χ2n) is 3.58. The average molecular weight is 256 g/mol. The SMILES string of the molecule is C#CC(Cc1c(Cl)cccc1Cl)NCCC. The third kappa shape index (κ3) is 3.72. The summed E-state index contributed by atoms with van der Waals surface area (Å²) < 4.78 is 0. The molecule has 16 heavy (non-hydrogen) atoms. The minimum absolute atomic E-state index is 0.0163. The van der Waals surface area contributed by atoms with Crippen molar-refractivity contribution in [2.45, 2.75) is 25.8 Å². The summed E-state index contributed by atoms with van der Waals surface area (Å²) in [5.41, 5.74) is 0.914. The number of halogens is 2. The molecule has 0 spiro atoms. The van der Waals surface area contributed by atoms with E-state index in [0.717, 1.165) is 18.5 Å². The third-order valence-electron chi connectivity index (χ3n) is 2.31. The van der Waals surface area contributed by atoms with E-state index in [-0.39, 0.29) is 6.04 Å². The van der Waals surface area contributed by atoms with E-state index in [1.54, 1.807) is 0 Å². The van der Waals surface area contributed by atoms with Crippen molar-refractivity contribution < 1.29 is 0 Å². The monoisotopic (exact) mass is 255 g/mol. The van der Waals surface area contributed by atoms with Gasteiger partial charge < -0.3 is 5.32 Å². The first-order valence-corrected chi connectivity index (χ1v) is 6.07. The summed E-state index contributed by atoms with van der Waals surface area (Å²) >= 11 is 12.2. The van der Waals surface area contributed by atoms with E-state index in [9.17, 15) is 0 Å². The van der Waals surface area contributed by atoms with Gasteiger partial charge in [0.25, 0.3) is 0 Å². The molecule has 0 saturated heterocycles. The molecule has 0 aliphatic rings. The molecule has 86 valence electrons. The molecule has 3 heteroatoms. The summed E-state index contributed by atoms with van der Waals surface area (Å²) in [7, 11) is 0. The second kappa shape index (κ2) is 6.81. The van der Waals surface area contributed by atoms with Crippen LogP contribution in [0.1, 0.15) is 18.9 Å². The molecule has 0 aromatic heterocycles. The maximum atomic E-state index is 6.08. The molecule has 1 rings (SSSR count). The molecule has 0 saturated carbocycles. The third-order valence-corrected chi connectivity index (χ3v) is 3.02. The van der Waals surface area contributed by atoms with Crippen LogP contribution < -0.4 is 5.32 Å². The Bertz CT molecular complexity index is 362. The zero-order valence-corrected chi connectivity index (χ0v) is 10.8. The highest BCUT2D eigenvalue weighted by Crippen LogP contribution is 2.25. The van der Waals surface area contributed by atoms with Gasteiger partial charge in [0.1, 0.15) is 0 Å². The summed E-state index contributed by atoms with van der Waals surface area (Å²) in [6.07, 6.45) is 7.17. The summed E-state index contributed by atoms with van der Waals surface area (Å²) in [5, 5.41) is 4.61. The maximum absolute atomic E-state index is 6.08. The molecule has 0 amide bonds. The van der Waals surface area contributed by atoms with Gasteiger partial charge in [-0.05, 0) is 30.7 Å². The first-order valence-electron chi connectivity index (χ1n) is 5.31. The molecule has 1 nitrogen and oxygen atoms in total. The Morgan fingerprint density at radius 1 is 1.38 bits per heavy atom. The lowest BCUT2D eigenvalue weighted by molar-refractivity contribution is 0.598. The summed E-state index contributed by atoms with van der Waals surface area (Å²) in [6.45, 7) is 3.00. The number of benzene rings is 1. The Kier molecular flexibility index (Phi) is 5.69. The van der Waals surface area contributed by atoms with Crippen LogP contribution >= 0.6 is 23.2 Å². The lowest BCUT2D eigenvalue weighted by Crippen LogP contribution is -2.30. The molecule has 0 aliphatic heterocycles. The van der Waals surface area contributed by atoms with E-state index < -0.39 is 0 Å². The van der Waals surface area contributed by atoms with E-state index in [4.69, 9.17) is 29.6 Å². The van der Waals surface area contributed by atoms with Gasteiger partial charge in [-0.25, -0.2) is 0 Å². The lowest BCUT2D eigenvalue weighted by Gasteiger charge is -2.14. The largest absolute Gasteiger partial charge is 0.303 e. The zero-order valence-electron chi connectivity index (χ0n) is 9.26. The van der Waals surface area contributed by atoms with Gasteiger partial charge in [-0.1, -0.05) is 42.1 Å². The second-order valence-corrected chi connectivity index (χ2v) is 4.39. The summed E-state index contributed by atoms with van der Waals surface area (Å²) in [5.74, 6) is 2.71. The number of nitrogens with one attached hydrogen (secondary N) is 1. The van der Waals surface area contributed by atoms with Crippen LogP contribution in [-0.2, 0) is 6.42 Å². The molecule has 1 unspecified atom stereocenters. The van der Waals surface area contributed by atoms with Crippen molar-refractivity contribution in [2.24, 2.45) is 0 Å². The predicted molar refractivity (Wildman–Crippen MR) is 71.1 cm³/mol. The standard InChI is InChI=1S/C13H15Cl2N/c1-3-8-16-10(4-2)9-11-12(14)6-5-7-13(11)15/h2,5-7,10,16H,3,8-9H2,1H3. The molecule has 0 bridgehead atoms. The molecule has 0 heterocycles. The van der Waals surface area contributed by atoms with Crippen LogP contribution in [0.25, 0.3) is 0 Å². The number of hydrogen-bond acceptors (Lipinski definition) is 1. The van der Waals surface area contributed by atoms with Crippen molar-refractivity contribution in [3.8, 4) is 12.3 Å². The molecule has 1 aromatic carbocycles. The molecular weight excluding hydrogens is 241 g/mol. The van der Waals surface area contributed by atoms with Gasteiger partial charge in [0.05, 0.1) is 6.04 Å². The van der Waals surface area contributed by atoms with Gasteiger partial charge in [-0.3, -0.25) is 0 Å². The van der Waals surface area contributed by atoms with E-state index in [0.29, 0.717) is 16.5 Å². The summed E-state index contributed by atoms with van der Waals surface area (Å²) in [4.78, 5) is 0. The lowest BCUT2D eigenvalue weighted by atomic mass is 10.1. The van der Waals surface area contributed by atoms with Crippen molar-refractivity contribution in [1.82, 2.24) is 5.32 Å². The molecule has 0 radical (unpaired) electrons. The van der Waals surface area contributed by atoms with Gasteiger partial charge in [0.15, 0.2) is 0 Å². The highest BCUT2D eigenvalue weighted by molar-refractivity contribution is 6.36. The predicted octanol–water partition coefficient (Wildman–Crippen LogP) is 3.54.